The molecule has 0 saturated heterocycles. The van der Waals surface area contributed by atoms with Crippen molar-refractivity contribution in [2.75, 3.05) is 18.0 Å². The molecule has 1 aromatic carbocycles. The first-order chi connectivity index (χ1) is 13.0. The average molecular weight is 406 g/mol. The van der Waals surface area contributed by atoms with Crippen LogP contribution in [0.15, 0.2) is 54.1 Å². The van der Waals surface area contributed by atoms with Gasteiger partial charge in [-0.2, -0.15) is 0 Å². The minimum absolute atomic E-state index is 0.0211. The number of benzene rings is 1. The molecular formula is C19H17Cl2N3O3. The highest BCUT2D eigenvalue weighted by molar-refractivity contribution is 6.42. The van der Waals surface area contributed by atoms with Crippen LogP contribution in [0.3, 0.4) is 0 Å². The van der Waals surface area contributed by atoms with E-state index < -0.39 is 17.6 Å². The molecule has 0 aliphatic carbocycles. The van der Waals surface area contributed by atoms with Crippen molar-refractivity contribution in [3.05, 3.63) is 69.7 Å². The molecule has 1 aromatic heterocycles. The fraction of sp³-hybridized carbons (Fsp3) is 0.211. The molecular weight excluding hydrogens is 389 g/mol. The predicted molar refractivity (Wildman–Crippen MR) is 104 cm³/mol. The maximum Gasteiger partial charge on any atom is 0.293 e. The third-order valence-electron chi connectivity index (χ3n) is 4.21. The lowest BCUT2D eigenvalue weighted by Crippen LogP contribution is -2.30. The van der Waals surface area contributed by atoms with Crippen molar-refractivity contribution in [1.82, 2.24) is 10.3 Å². The van der Waals surface area contributed by atoms with E-state index in [0.29, 0.717) is 35.1 Å². The standard InChI is InChI=1S/C19H17Cl2N3O3/c20-15-4-3-12(10-16(15)21)2-1-7-23-18(26)14-11-24(19(27)17(14)25)13-5-8-22-9-6-13/h3-6,8-10,25H,1-2,7,11H2,(H,23,26). The lowest BCUT2D eigenvalue weighted by atomic mass is 10.1. The summed E-state index contributed by atoms with van der Waals surface area (Å²) in [6, 6.07) is 8.69. The number of hydrogen-bond donors (Lipinski definition) is 2. The van der Waals surface area contributed by atoms with Crippen molar-refractivity contribution in [3.8, 4) is 0 Å². The van der Waals surface area contributed by atoms with Crippen LogP contribution in [-0.2, 0) is 16.0 Å². The number of aliphatic hydroxyl groups is 1. The number of carbonyl (C=O) groups excluding carboxylic acids is 2. The lowest BCUT2D eigenvalue weighted by Gasteiger charge is -2.15. The molecule has 0 atom stereocenters. The molecule has 2 N–H and O–H groups in total. The van der Waals surface area contributed by atoms with Gasteiger partial charge in [0.05, 0.1) is 22.2 Å². The van der Waals surface area contributed by atoms with Crippen LogP contribution in [0.25, 0.3) is 0 Å². The number of amides is 2. The number of rotatable bonds is 6. The van der Waals surface area contributed by atoms with E-state index in [4.69, 9.17) is 23.2 Å². The molecule has 0 spiro atoms. The first-order valence-corrected chi connectivity index (χ1v) is 9.09. The predicted octanol–water partition coefficient (Wildman–Crippen LogP) is 3.30. The first-order valence-electron chi connectivity index (χ1n) is 8.33. The van der Waals surface area contributed by atoms with Gasteiger partial charge in [0.15, 0.2) is 5.76 Å². The zero-order valence-corrected chi connectivity index (χ0v) is 15.8. The summed E-state index contributed by atoms with van der Waals surface area (Å²) >= 11 is 11.9. The Morgan fingerprint density at radius 3 is 2.63 bits per heavy atom. The van der Waals surface area contributed by atoms with Crippen LogP contribution in [0, 0.1) is 0 Å². The smallest absolute Gasteiger partial charge is 0.293 e. The summed E-state index contributed by atoms with van der Waals surface area (Å²) in [6.07, 6.45) is 4.48. The van der Waals surface area contributed by atoms with Gasteiger partial charge in [0.25, 0.3) is 11.8 Å². The van der Waals surface area contributed by atoms with Crippen LogP contribution in [0.5, 0.6) is 0 Å². The molecule has 2 heterocycles. The summed E-state index contributed by atoms with van der Waals surface area (Å²) in [7, 11) is 0. The second-order valence-corrected chi connectivity index (χ2v) is 6.85. The van der Waals surface area contributed by atoms with E-state index in [-0.39, 0.29) is 12.1 Å². The number of halogens is 2. The van der Waals surface area contributed by atoms with E-state index in [1.54, 1.807) is 36.7 Å². The van der Waals surface area contributed by atoms with Gasteiger partial charge in [-0.05, 0) is 42.7 Å². The fourth-order valence-corrected chi connectivity index (χ4v) is 3.09. The molecule has 1 aliphatic heterocycles. The molecule has 0 radical (unpaired) electrons. The molecule has 0 fully saturated rings. The molecule has 2 aromatic rings. The van der Waals surface area contributed by atoms with Gasteiger partial charge < -0.3 is 15.3 Å². The number of aliphatic hydroxyl groups excluding tert-OH is 1. The average Bonchev–Trinajstić information content (AvgIpc) is 2.97. The number of hydrogen-bond acceptors (Lipinski definition) is 4. The summed E-state index contributed by atoms with van der Waals surface area (Å²) in [5.74, 6) is -1.57. The Kier molecular flexibility index (Phi) is 5.98. The Morgan fingerprint density at radius 2 is 1.93 bits per heavy atom. The van der Waals surface area contributed by atoms with Gasteiger partial charge in [0, 0.05) is 24.6 Å². The highest BCUT2D eigenvalue weighted by Crippen LogP contribution is 2.24. The van der Waals surface area contributed by atoms with Crippen LogP contribution in [-0.4, -0.2) is 35.0 Å². The van der Waals surface area contributed by atoms with Crippen LogP contribution in [0.4, 0.5) is 5.69 Å². The highest BCUT2D eigenvalue weighted by Gasteiger charge is 2.34. The number of nitrogens with zero attached hydrogens (tertiary/aromatic N) is 2. The highest BCUT2D eigenvalue weighted by atomic mass is 35.5. The monoisotopic (exact) mass is 405 g/mol. The van der Waals surface area contributed by atoms with Crippen molar-refractivity contribution in [2.24, 2.45) is 0 Å². The molecule has 6 nitrogen and oxygen atoms in total. The molecule has 140 valence electrons. The summed E-state index contributed by atoms with van der Waals surface area (Å²) in [4.78, 5) is 29.7. The summed E-state index contributed by atoms with van der Waals surface area (Å²) in [5, 5.41) is 13.8. The molecule has 0 saturated carbocycles. The van der Waals surface area contributed by atoms with Gasteiger partial charge in [0.1, 0.15) is 0 Å². The molecule has 0 bridgehead atoms. The number of aryl methyl sites for hydroxylation is 1. The van der Waals surface area contributed by atoms with E-state index in [2.05, 4.69) is 10.3 Å². The van der Waals surface area contributed by atoms with Gasteiger partial charge >= 0.3 is 0 Å². The zero-order valence-electron chi connectivity index (χ0n) is 14.3. The largest absolute Gasteiger partial charge is 0.503 e. The number of pyridine rings is 1. The van der Waals surface area contributed by atoms with E-state index in [0.717, 1.165) is 5.56 Å². The van der Waals surface area contributed by atoms with Crippen molar-refractivity contribution in [3.63, 3.8) is 0 Å². The minimum Gasteiger partial charge on any atom is -0.503 e. The van der Waals surface area contributed by atoms with Gasteiger partial charge in [-0.3, -0.25) is 14.6 Å². The summed E-state index contributed by atoms with van der Waals surface area (Å²) in [5.41, 5.74) is 1.65. The Hall–Kier alpha value is -2.57. The molecule has 0 unspecified atom stereocenters. The topological polar surface area (TPSA) is 82.5 Å². The van der Waals surface area contributed by atoms with E-state index in [9.17, 15) is 14.7 Å². The summed E-state index contributed by atoms with van der Waals surface area (Å²) in [6.45, 7) is 0.423. The van der Waals surface area contributed by atoms with Gasteiger partial charge in [-0.1, -0.05) is 29.3 Å². The van der Waals surface area contributed by atoms with Crippen molar-refractivity contribution in [1.29, 1.82) is 0 Å². The number of nitrogens with one attached hydrogen (secondary N) is 1. The maximum atomic E-state index is 12.3. The maximum absolute atomic E-state index is 12.3. The normalized spacial score (nSPS) is 14.0. The quantitative estimate of drug-likeness (QED) is 0.722. The number of anilines is 1. The fourth-order valence-electron chi connectivity index (χ4n) is 2.77. The van der Waals surface area contributed by atoms with Crippen LogP contribution in [0.1, 0.15) is 12.0 Å². The van der Waals surface area contributed by atoms with Gasteiger partial charge in [-0.15, -0.1) is 0 Å². The molecule has 8 heteroatoms. The Labute approximate surface area is 166 Å². The van der Waals surface area contributed by atoms with Crippen LogP contribution >= 0.6 is 23.2 Å². The summed E-state index contributed by atoms with van der Waals surface area (Å²) < 4.78 is 0. The lowest BCUT2D eigenvalue weighted by molar-refractivity contribution is -0.119. The van der Waals surface area contributed by atoms with Gasteiger partial charge in [-0.25, -0.2) is 0 Å². The van der Waals surface area contributed by atoms with E-state index in [1.807, 2.05) is 6.07 Å². The first kappa shape index (κ1) is 19.2. The molecule has 1 aliphatic rings. The van der Waals surface area contributed by atoms with Crippen molar-refractivity contribution in [2.45, 2.75) is 12.8 Å². The van der Waals surface area contributed by atoms with Crippen molar-refractivity contribution >= 4 is 40.7 Å². The zero-order chi connectivity index (χ0) is 19.4. The van der Waals surface area contributed by atoms with E-state index >= 15 is 0 Å². The Balaban J connectivity index is 1.53. The minimum atomic E-state index is -0.595. The Bertz CT molecular complexity index is 900. The molecule has 2 amide bonds. The van der Waals surface area contributed by atoms with Gasteiger partial charge in [0.2, 0.25) is 0 Å². The van der Waals surface area contributed by atoms with Crippen LogP contribution in [0.2, 0.25) is 10.0 Å². The third-order valence-corrected chi connectivity index (χ3v) is 4.95. The number of carbonyl (C=O) groups is 2. The second kappa shape index (κ2) is 8.41. The third kappa shape index (κ3) is 4.40. The van der Waals surface area contributed by atoms with E-state index in [1.165, 1.54) is 4.90 Å². The van der Waals surface area contributed by atoms with Crippen LogP contribution < -0.4 is 10.2 Å². The molecule has 3 rings (SSSR count). The Morgan fingerprint density at radius 1 is 1.19 bits per heavy atom. The van der Waals surface area contributed by atoms with Crippen molar-refractivity contribution < 1.29 is 14.7 Å². The molecule has 27 heavy (non-hydrogen) atoms. The second-order valence-electron chi connectivity index (χ2n) is 6.03. The SMILES string of the molecule is O=C(NCCCc1ccc(Cl)c(Cl)c1)C1=C(O)C(=O)N(c2ccncc2)C1. The number of aromatic nitrogens is 1.